The molecular formula is C45H34N4. The average molecular weight is 631 g/mol. The topological polar surface area (TPSA) is 41.7 Å². The van der Waals surface area contributed by atoms with E-state index in [1.165, 1.54) is 44.1 Å². The number of rotatable bonds is 6. The number of hydrogen-bond acceptors (Lipinski definition) is 3. The molecule has 2 unspecified atom stereocenters. The number of benzene rings is 6. The minimum absolute atomic E-state index is 0.0498. The average Bonchev–Trinajstić information content (AvgIpc) is 3.52. The predicted octanol–water partition coefficient (Wildman–Crippen LogP) is 10.7. The molecule has 0 radical (unpaired) electrons. The van der Waals surface area contributed by atoms with Crippen LogP contribution in [0.2, 0.25) is 0 Å². The van der Waals surface area contributed by atoms with E-state index in [0.29, 0.717) is 0 Å². The molecule has 2 aliphatic rings. The van der Waals surface area contributed by atoms with Crippen LogP contribution in [0.5, 0.6) is 0 Å². The van der Waals surface area contributed by atoms with Crippen LogP contribution >= 0.6 is 0 Å². The van der Waals surface area contributed by atoms with Gasteiger partial charge in [-0.25, -0.2) is 9.98 Å². The summed E-state index contributed by atoms with van der Waals surface area (Å²) >= 11 is 0. The first-order valence-corrected chi connectivity index (χ1v) is 16.9. The lowest BCUT2D eigenvalue weighted by atomic mass is 9.96. The predicted molar refractivity (Wildman–Crippen MR) is 205 cm³/mol. The molecule has 2 heterocycles. The van der Waals surface area contributed by atoms with E-state index in [1.54, 1.807) is 0 Å². The van der Waals surface area contributed by atoms with Crippen molar-refractivity contribution in [3.8, 4) is 22.3 Å². The summed E-state index contributed by atoms with van der Waals surface area (Å²) in [5, 5.41) is 6.18. The Morgan fingerprint density at radius 3 is 1.88 bits per heavy atom. The molecule has 0 fully saturated rings. The van der Waals surface area contributed by atoms with Crippen molar-refractivity contribution in [3.63, 3.8) is 0 Å². The largest absolute Gasteiger partial charge is 0.328 e. The summed E-state index contributed by atoms with van der Waals surface area (Å²) in [6.45, 7) is 0. The zero-order valence-electron chi connectivity index (χ0n) is 26.9. The van der Waals surface area contributed by atoms with Crippen molar-refractivity contribution in [2.24, 2.45) is 15.9 Å². The first-order valence-electron chi connectivity index (χ1n) is 16.9. The van der Waals surface area contributed by atoms with E-state index in [1.807, 2.05) is 12.1 Å². The SMILES string of the molecule is C1=CC(n2c3ccccc3c3ccc(-c4ccccc4)cc32)=CC(C2=NC(c3ccccc3)N=C(c3ccc(-c4ccccc4)cc3)N2)C1. The highest BCUT2D eigenvalue weighted by atomic mass is 15.2. The molecular weight excluding hydrogens is 597 g/mol. The second-order valence-corrected chi connectivity index (χ2v) is 12.6. The van der Waals surface area contributed by atoms with Crippen molar-refractivity contribution >= 4 is 39.2 Å². The molecule has 4 nitrogen and oxygen atoms in total. The van der Waals surface area contributed by atoms with Crippen LogP contribution in [0.15, 0.2) is 186 Å². The van der Waals surface area contributed by atoms with Crippen molar-refractivity contribution in [2.45, 2.75) is 12.6 Å². The zero-order chi connectivity index (χ0) is 32.6. The Hall–Kier alpha value is -6.26. The molecule has 0 saturated heterocycles. The quantitative estimate of drug-likeness (QED) is 0.195. The fourth-order valence-corrected chi connectivity index (χ4v) is 7.09. The molecule has 0 amide bonds. The van der Waals surface area contributed by atoms with Gasteiger partial charge >= 0.3 is 0 Å². The smallest absolute Gasteiger partial charge is 0.169 e. The highest BCUT2D eigenvalue weighted by Gasteiger charge is 2.26. The molecule has 9 rings (SSSR count). The number of fused-ring (bicyclic) bond motifs is 3. The van der Waals surface area contributed by atoms with Crippen LogP contribution < -0.4 is 5.32 Å². The van der Waals surface area contributed by atoms with Gasteiger partial charge in [0.25, 0.3) is 0 Å². The van der Waals surface area contributed by atoms with Crippen molar-refractivity contribution in [3.05, 3.63) is 187 Å². The lowest BCUT2D eigenvalue weighted by Gasteiger charge is -2.27. The molecule has 1 aliphatic carbocycles. The number of allylic oxidation sites excluding steroid dienone is 3. The molecule has 0 bridgehead atoms. The van der Waals surface area contributed by atoms with Crippen molar-refractivity contribution in [1.29, 1.82) is 0 Å². The third-order valence-electron chi connectivity index (χ3n) is 9.56. The maximum atomic E-state index is 5.24. The number of nitrogens with zero attached hydrogens (tertiary/aromatic N) is 3. The van der Waals surface area contributed by atoms with Gasteiger partial charge in [0.2, 0.25) is 0 Å². The van der Waals surface area contributed by atoms with Gasteiger partial charge in [-0.3, -0.25) is 0 Å². The molecule has 7 aromatic rings. The van der Waals surface area contributed by atoms with Crippen molar-refractivity contribution < 1.29 is 0 Å². The summed E-state index contributed by atoms with van der Waals surface area (Å²) in [5.41, 5.74) is 10.4. The van der Waals surface area contributed by atoms with E-state index in [-0.39, 0.29) is 12.1 Å². The van der Waals surface area contributed by atoms with E-state index in [4.69, 9.17) is 9.98 Å². The molecule has 0 saturated carbocycles. The van der Waals surface area contributed by atoms with Crippen LogP contribution in [-0.4, -0.2) is 16.2 Å². The molecule has 1 aliphatic heterocycles. The van der Waals surface area contributed by atoms with Crippen LogP contribution in [0, 0.1) is 5.92 Å². The van der Waals surface area contributed by atoms with Gasteiger partial charge in [0, 0.05) is 28.0 Å². The lowest BCUT2D eigenvalue weighted by Crippen LogP contribution is -2.39. The highest BCUT2D eigenvalue weighted by molar-refractivity contribution is 6.13. The van der Waals surface area contributed by atoms with Gasteiger partial charge in [0.1, 0.15) is 11.7 Å². The fraction of sp³-hybridized carbons (Fsp3) is 0.0667. The lowest BCUT2D eigenvalue weighted by molar-refractivity contribution is 0.720. The number of para-hydroxylation sites is 1. The summed E-state index contributed by atoms with van der Waals surface area (Å²) in [6, 6.07) is 55.7. The molecule has 2 atom stereocenters. The van der Waals surface area contributed by atoms with Crippen LogP contribution in [0.4, 0.5) is 0 Å². The molecule has 1 aromatic heterocycles. The molecule has 1 N–H and O–H groups in total. The van der Waals surface area contributed by atoms with E-state index in [0.717, 1.165) is 34.9 Å². The molecule has 4 heteroatoms. The van der Waals surface area contributed by atoms with Gasteiger partial charge < -0.3 is 9.88 Å². The zero-order valence-corrected chi connectivity index (χ0v) is 26.9. The van der Waals surface area contributed by atoms with Gasteiger partial charge in [0.05, 0.1) is 11.0 Å². The van der Waals surface area contributed by atoms with E-state index in [9.17, 15) is 0 Å². The van der Waals surface area contributed by atoms with Gasteiger partial charge in [-0.2, -0.15) is 0 Å². The summed E-state index contributed by atoms with van der Waals surface area (Å²) in [7, 11) is 0. The Kier molecular flexibility index (Phi) is 7.32. The Morgan fingerprint density at radius 2 is 1.12 bits per heavy atom. The van der Waals surface area contributed by atoms with Crippen molar-refractivity contribution in [1.82, 2.24) is 9.88 Å². The normalized spacial score (nSPS) is 17.3. The number of aliphatic imine (C=N–C) groups is 2. The Balaban J connectivity index is 1.12. The molecule has 234 valence electrons. The van der Waals surface area contributed by atoms with Gasteiger partial charge in [-0.1, -0.05) is 152 Å². The molecule has 49 heavy (non-hydrogen) atoms. The summed E-state index contributed by atoms with van der Waals surface area (Å²) < 4.78 is 2.41. The van der Waals surface area contributed by atoms with Crippen LogP contribution in [-0.2, 0) is 0 Å². The number of aromatic nitrogens is 1. The summed E-state index contributed by atoms with van der Waals surface area (Å²) in [5.74, 6) is 1.82. The second-order valence-electron chi connectivity index (χ2n) is 12.6. The first kappa shape index (κ1) is 28.9. The number of nitrogens with one attached hydrogen (secondary N) is 1. The van der Waals surface area contributed by atoms with Gasteiger partial charge in [0.15, 0.2) is 6.17 Å². The Bertz CT molecular complexity index is 2420. The third kappa shape index (κ3) is 5.47. The molecule has 0 spiro atoms. The van der Waals surface area contributed by atoms with Gasteiger partial charge in [-0.05, 0) is 58.5 Å². The minimum Gasteiger partial charge on any atom is -0.328 e. The number of amidine groups is 2. The van der Waals surface area contributed by atoms with Crippen LogP contribution in [0.3, 0.4) is 0 Å². The maximum Gasteiger partial charge on any atom is 0.169 e. The number of hydrogen-bond donors (Lipinski definition) is 1. The summed E-state index contributed by atoms with van der Waals surface area (Å²) in [6.07, 6.45) is 7.43. The minimum atomic E-state index is -0.328. The van der Waals surface area contributed by atoms with E-state index >= 15 is 0 Å². The molecule has 6 aromatic carbocycles. The highest BCUT2D eigenvalue weighted by Crippen LogP contribution is 2.37. The fourth-order valence-electron chi connectivity index (χ4n) is 7.09. The van der Waals surface area contributed by atoms with E-state index in [2.05, 4.69) is 174 Å². The Labute approximate surface area is 286 Å². The maximum absolute atomic E-state index is 5.24. The first-order chi connectivity index (χ1) is 24.3. The van der Waals surface area contributed by atoms with Crippen molar-refractivity contribution in [2.75, 3.05) is 0 Å². The standard InChI is InChI=1S/C45H34N4/c1-4-13-31(14-5-1)33-23-25-35(26-24-33)44-46-43(34-17-8-3-9-18-34)47-45(48-44)37-19-12-20-38(29-37)49-41-22-11-10-21-39(41)40-28-27-36(30-42(40)49)32-15-6-2-7-16-32/h1-18,20-30,37,43H,19H2,(H,46,47,48). The monoisotopic (exact) mass is 630 g/mol. The third-order valence-corrected chi connectivity index (χ3v) is 9.56. The van der Waals surface area contributed by atoms with Crippen LogP contribution in [0.25, 0.3) is 49.8 Å². The second kappa shape index (κ2) is 12.4. The van der Waals surface area contributed by atoms with Crippen LogP contribution in [0.1, 0.15) is 23.7 Å². The Morgan fingerprint density at radius 1 is 0.531 bits per heavy atom. The summed E-state index contributed by atoms with van der Waals surface area (Å²) in [4.78, 5) is 10.4. The van der Waals surface area contributed by atoms with E-state index < -0.39 is 0 Å². The van der Waals surface area contributed by atoms with Gasteiger partial charge in [-0.15, -0.1) is 0 Å².